The molecular formula is C26H28N4O2S2. The quantitative estimate of drug-likeness (QED) is 0.336. The molecule has 1 amide bonds. The van der Waals surface area contributed by atoms with Crippen molar-refractivity contribution in [2.24, 2.45) is 0 Å². The van der Waals surface area contributed by atoms with Crippen LogP contribution in [0.5, 0.6) is 0 Å². The number of aromatic nitrogens is 2. The first-order chi connectivity index (χ1) is 16.4. The molecule has 2 aromatic heterocycles. The Balaban J connectivity index is 1.67. The Labute approximate surface area is 209 Å². The summed E-state index contributed by atoms with van der Waals surface area (Å²) in [5.41, 5.74) is 3.00. The van der Waals surface area contributed by atoms with Crippen LogP contribution >= 0.6 is 24.0 Å². The molecule has 1 saturated heterocycles. The number of amides is 1. The maximum atomic E-state index is 13.5. The number of carbonyl (C=O) groups excluding carboxylic acids is 1. The van der Waals surface area contributed by atoms with Crippen LogP contribution in [0.2, 0.25) is 0 Å². The lowest BCUT2D eigenvalue weighted by Gasteiger charge is -2.22. The predicted molar refractivity (Wildman–Crippen MR) is 144 cm³/mol. The van der Waals surface area contributed by atoms with Crippen molar-refractivity contribution < 1.29 is 4.79 Å². The van der Waals surface area contributed by atoms with Gasteiger partial charge in [0.2, 0.25) is 0 Å². The Kier molecular flexibility index (Phi) is 7.48. The van der Waals surface area contributed by atoms with Gasteiger partial charge in [-0.3, -0.25) is 18.9 Å². The molecule has 34 heavy (non-hydrogen) atoms. The molecule has 0 radical (unpaired) electrons. The molecule has 0 saturated carbocycles. The van der Waals surface area contributed by atoms with Crippen molar-refractivity contribution in [2.75, 3.05) is 24.5 Å². The van der Waals surface area contributed by atoms with Crippen LogP contribution in [0.3, 0.4) is 0 Å². The Bertz CT molecular complexity index is 1310. The van der Waals surface area contributed by atoms with E-state index in [0.29, 0.717) is 45.9 Å². The summed E-state index contributed by atoms with van der Waals surface area (Å²) in [6.45, 7) is 7.95. The third-order valence-corrected chi connectivity index (χ3v) is 7.34. The fourth-order valence-electron chi connectivity index (χ4n) is 4.10. The molecule has 176 valence electrons. The van der Waals surface area contributed by atoms with Gasteiger partial charge in [-0.2, -0.15) is 0 Å². The first-order valence-electron chi connectivity index (χ1n) is 11.5. The molecule has 0 spiro atoms. The van der Waals surface area contributed by atoms with Gasteiger partial charge in [0.25, 0.3) is 11.5 Å². The summed E-state index contributed by atoms with van der Waals surface area (Å²) in [6, 6.07) is 14.0. The van der Waals surface area contributed by atoms with Gasteiger partial charge in [-0.25, -0.2) is 4.98 Å². The van der Waals surface area contributed by atoms with E-state index >= 15 is 0 Å². The highest BCUT2D eigenvalue weighted by atomic mass is 32.2. The predicted octanol–water partition coefficient (Wildman–Crippen LogP) is 4.68. The number of rotatable bonds is 8. The van der Waals surface area contributed by atoms with E-state index < -0.39 is 0 Å². The van der Waals surface area contributed by atoms with Crippen LogP contribution in [-0.2, 0) is 11.2 Å². The second-order valence-corrected chi connectivity index (χ2v) is 9.81. The van der Waals surface area contributed by atoms with E-state index in [1.165, 1.54) is 17.3 Å². The molecule has 0 bridgehead atoms. The molecule has 3 aromatic rings. The van der Waals surface area contributed by atoms with E-state index in [9.17, 15) is 9.59 Å². The van der Waals surface area contributed by atoms with Crippen LogP contribution in [0.25, 0.3) is 11.7 Å². The minimum absolute atomic E-state index is 0.151. The summed E-state index contributed by atoms with van der Waals surface area (Å²) >= 11 is 6.77. The maximum Gasteiger partial charge on any atom is 0.267 e. The molecule has 8 heteroatoms. The van der Waals surface area contributed by atoms with Crippen LogP contribution in [0, 0.1) is 6.92 Å². The number of carbonyl (C=O) groups is 1. The van der Waals surface area contributed by atoms with Crippen molar-refractivity contribution >= 4 is 51.7 Å². The minimum atomic E-state index is -0.190. The standard InChI is InChI=1S/C26H28N4O2S2/c1-4-28(5-2)23-20(24(31)29-15-9-11-18(3)22(29)27-23)17-21-25(32)30(26(33)34-21)16-10-14-19-12-7-6-8-13-19/h6-9,11-13,15,17H,4-5,10,14,16H2,1-3H3. The summed E-state index contributed by atoms with van der Waals surface area (Å²) in [7, 11) is 0. The van der Waals surface area contributed by atoms with E-state index in [-0.39, 0.29) is 11.5 Å². The Hall–Kier alpha value is -2.97. The lowest BCUT2D eigenvalue weighted by atomic mass is 10.1. The lowest BCUT2D eigenvalue weighted by Crippen LogP contribution is -2.30. The summed E-state index contributed by atoms with van der Waals surface area (Å²) in [5.74, 6) is 0.445. The van der Waals surface area contributed by atoms with Gasteiger partial charge in [0.15, 0.2) is 0 Å². The van der Waals surface area contributed by atoms with Crippen molar-refractivity contribution in [1.29, 1.82) is 0 Å². The molecule has 1 fully saturated rings. The zero-order valence-electron chi connectivity index (χ0n) is 19.7. The Morgan fingerprint density at radius 3 is 2.53 bits per heavy atom. The Morgan fingerprint density at radius 2 is 1.82 bits per heavy atom. The van der Waals surface area contributed by atoms with Gasteiger partial charge in [0, 0.05) is 25.8 Å². The van der Waals surface area contributed by atoms with Crippen LogP contribution in [0.15, 0.2) is 58.4 Å². The topological polar surface area (TPSA) is 57.9 Å². The number of thiocarbonyl (C=S) groups is 1. The van der Waals surface area contributed by atoms with Crippen LogP contribution < -0.4 is 10.5 Å². The highest BCUT2D eigenvalue weighted by Crippen LogP contribution is 2.33. The zero-order chi connectivity index (χ0) is 24.2. The van der Waals surface area contributed by atoms with E-state index in [4.69, 9.17) is 17.2 Å². The van der Waals surface area contributed by atoms with Gasteiger partial charge >= 0.3 is 0 Å². The molecule has 0 unspecified atom stereocenters. The number of aryl methyl sites for hydroxylation is 2. The van der Waals surface area contributed by atoms with Gasteiger partial charge in [-0.05, 0) is 56.9 Å². The molecule has 1 aromatic carbocycles. The highest BCUT2D eigenvalue weighted by Gasteiger charge is 2.32. The van der Waals surface area contributed by atoms with Gasteiger partial charge in [0.05, 0.1) is 10.5 Å². The van der Waals surface area contributed by atoms with Gasteiger partial charge in [-0.15, -0.1) is 0 Å². The molecule has 4 rings (SSSR count). The molecular weight excluding hydrogens is 464 g/mol. The van der Waals surface area contributed by atoms with Gasteiger partial charge in [-0.1, -0.05) is 60.4 Å². The van der Waals surface area contributed by atoms with Gasteiger partial charge < -0.3 is 4.90 Å². The number of fused-ring (bicyclic) bond motifs is 1. The molecule has 1 aliphatic rings. The van der Waals surface area contributed by atoms with E-state index in [1.807, 2.05) is 56.0 Å². The third kappa shape index (κ3) is 4.79. The minimum Gasteiger partial charge on any atom is -0.356 e. The zero-order valence-corrected chi connectivity index (χ0v) is 21.3. The largest absolute Gasteiger partial charge is 0.356 e. The van der Waals surface area contributed by atoms with Crippen molar-refractivity contribution in [3.63, 3.8) is 0 Å². The Morgan fingerprint density at radius 1 is 1.09 bits per heavy atom. The van der Waals surface area contributed by atoms with Crippen molar-refractivity contribution in [3.05, 3.63) is 80.6 Å². The van der Waals surface area contributed by atoms with Crippen molar-refractivity contribution in [2.45, 2.75) is 33.6 Å². The smallest absolute Gasteiger partial charge is 0.267 e. The van der Waals surface area contributed by atoms with Crippen LogP contribution in [0.4, 0.5) is 5.82 Å². The molecule has 1 aliphatic heterocycles. The fraction of sp³-hybridized carbons (Fsp3) is 0.308. The van der Waals surface area contributed by atoms with Crippen LogP contribution in [-0.4, -0.2) is 44.1 Å². The second kappa shape index (κ2) is 10.5. The molecule has 3 heterocycles. The summed E-state index contributed by atoms with van der Waals surface area (Å²) < 4.78 is 2.08. The number of thioether (sulfide) groups is 1. The third-order valence-electron chi connectivity index (χ3n) is 5.97. The van der Waals surface area contributed by atoms with E-state index in [2.05, 4.69) is 12.1 Å². The molecule has 0 atom stereocenters. The number of nitrogens with zero attached hydrogens (tertiary/aromatic N) is 4. The average Bonchev–Trinajstić information content (AvgIpc) is 3.10. The lowest BCUT2D eigenvalue weighted by molar-refractivity contribution is -0.122. The summed E-state index contributed by atoms with van der Waals surface area (Å²) in [6.07, 6.45) is 5.08. The van der Waals surface area contributed by atoms with Crippen LogP contribution in [0.1, 0.15) is 37.0 Å². The molecule has 0 N–H and O–H groups in total. The average molecular weight is 493 g/mol. The number of pyridine rings is 1. The number of benzene rings is 1. The second-order valence-electron chi connectivity index (χ2n) is 8.13. The summed E-state index contributed by atoms with van der Waals surface area (Å²) in [5, 5.41) is 0. The number of hydrogen-bond donors (Lipinski definition) is 0. The van der Waals surface area contributed by atoms with E-state index in [1.54, 1.807) is 21.6 Å². The number of anilines is 1. The monoisotopic (exact) mass is 492 g/mol. The highest BCUT2D eigenvalue weighted by molar-refractivity contribution is 8.26. The first-order valence-corrected chi connectivity index (χ1v) is 12.7. The summed E-state index contributed by atoms with van der Waals surface area (Å²) in [4.78, 5) is 35.7. The normalized spacial score (nSPS) is 15.0. The van der Waals surface area contributed by atoms with Crippen molar-refractivity contribution in [1.82, 2.24) is 14.3 Å². The fourth-order valence-corrected chi connectivity index (χ4v) is 5.39. The molecule has 0 aliphatic carbocycles. The molecule has 6 nitrogen and oxygen atoms in total. The van der Waals surface area contributed by atoms with Crippen molar-refractivity contribution in [3.8, 4) is 0 Å². The van der Waals surface area contributed by atoms with E-state index in [0.717, 1.165) is 18.4 Å². The SMILES string of the molecule is CCN(CC)c1nc2c(C)cccn2c(=O)c1C=C1SC(=S)N(CCCc2ccccc2)C1=O. The number of hydrogen-bond acceptors (Lipinski definition) is 6. The maximum absolute atomic E-state index is 13.5. The first kappa shape index (κ1) is 24.2. The van der Waals surface area contributed by atoms with Gasteiger partial charge in [0.1, 0.15) is 15.8 Å².